The number of halogens is 3. The quantitative estimate of drug-likeness (QED) is 0.580. The van der Waals surface area contributed by atoms with Gasteiger partial charge in [0.2, 0.25) is 5.91 Å². The largest absolute Gasteiger partial charge is 0.463 e. The zero-order valence-corrected chi connectivity index (χ0v) is 16.5. The first-order valence-corrected chi connectivity index (χ1v) is 9.49. The van der Waals surface area contributed by atoms with Crippen molar-refractivity contribution >= 4 is 11.6 Å². The molecule has 3 rings (SSSR count). The molecular weight excluding hydrogens is 397 g/mol. The molecule has 1 amide bonds. The second kappa shape index (κ2) is 8.98. The fourth-order valence-corrected chi connectivity index (χ4v) is 2.82. The molecule has 2 aromatic carbocycles. The van der Waals surface area contributed by atoms with Crippen LogP contribution in [-0.2, 0) is 11.0 Å². The van der Waals surface area contributed by atoms with Crippen LogP contribution in [0.3, 0.4) is 0 Å². The van der Waals surface area contributed by atoms with E-state index in [1.807, 2.05) is 6.92 Å². The zero-order valence-electron chi connectivity index (χ0n) is 16.5. The van der Waals surface area contributed by atoms with Gasteiger partial charge in [-0.2, -0.15) is 18.2 Å². The van der Waals surface area contributed by atoms with Crippen molar-refractivity contribution in [3.05, 3.63) is 54.1 Å². The van der Waals surface area contributed by atoms with Gasteiger partial charge in [-0.1, -0.05) is 19.1 Å². The summed E-state index contributed by atoms with van der Waals surface area (Å²) in [5.41, 5.74) is 0.655. The highest BCUT2D eigenvalue weighted by Gasteiger charge is 2.31. The molecule has 1 aromatic heterocycles. The molecule has 1 heterocycles. The molecule has 3 aromatic rings. The van der Waals surface area contributed by atoms with Crippen LogP contribution in [0.1, 0.15) is 32.3 Å². The van der Waals surface area contributed by atoms with Gasteiger partial charge in [-0.3, -0.25) is 4.79 Å². The molecule has 6 nitrogen and oxygen atoms in total. The van der Waals surface area contributed by atoms with Gasteiger partial charge in [0, 0.05) is 17.7 Å². The maximum atomic E-state index is 13.1. The maximum Gasteiger partial charge on any atom is 0.416 e. The van der Waals surface area contributed by atoms with Crippen LogP contribution in [-0.4, -0.2) is 27.3 Å². The number of carbonyl (C=O) groups is 1. The van der Waals surface area contributed by atoms with Gasteiger partial charge in [-0.15, -0.1) is 5.10 Å². The summed E-state index contributed by atoms with van der Waals surface area (Å²) < 4.78 is 46.2. The van der Waals surface area contributed by atoms with E-state index in [0.29, 0.717) is 24.4 Å². The van der Waals surface area contributed by atoms with Gasteiger partial charge in [0.15, 0.2) is 5.82 Å². The number of alkyl halides is 3. The Morgan fingerprint density at radius 3 is 2.50 bits per heavy atom. The van der Waals surface area contributed by atoms with Crippen molar-refractivity contribution in [2.24, 2.45) is 0 Å². The van der Waals surface area contributed by atoms with Crippen LogP contribution < -0.4 is 10.1 Å². The number of ether oxygens (including phenoxy) is 1. The summed E-state index contributed by atoms with van der Waals surface area (Å²) in [6, 6.07) is 11.7. The van der Waals surface area contributed by atoms with Crippen LogP contribution in [0, 0.1) is 0 Å². The molecule has 0 bridgehead atoms. The molecule has 0 aliphatic heterocycles. The topological polar surface area (TPSA) is 69.0 Å². The molecule has 0 saturated heterocycles. The Morgan fingerprint density at radius 2 is 1.87 bits per heavy atom. The predicted octanol–water partition coefficient (Wildman–Crippen LogP) is 5.09. The summed E-state index contributed by atoms with van der Waals surface area (Å²) in [5, 5.41) is 7.06. The number of amides is 1. The second-order valence-electron chi connectivity index (χ2n) is 6.49. The van der Waals surface area contributed by atoms with E-state index in [1.165, 1.54) is 16.8 Å². The summed E-state index contributed by atoms with van der Waals surface area (Å²) in [6.07, 6.45) is -3.31. The van der Waals surface area contributed by atoms with E-state index in [-0.39, 0.29) is 23.3 Å². The lowest BCUT2D eigenvalue weighted by atomic mass is 10.1. The van der Waals surface area contributed by atoms with Crippen molar-refractivity contribution in [2.45, 2.75) is 32.9 Å². The van der Waals surface area contributed by atoms with Crippen LogP contribution in [0.15, 0.2) is 48.5 Å². The van der Waals surface area contributed by atoms with E-state index in [4.69, 9.17) is 4.74 Å². The molecule has 0 spiro atoms. The van der Waals surface area contributed by atoms with Gasteiger partial charge in [-0.05, 0) is 49.7 Å². The molecule has 0 atom stereocenters. The third-order valence-electron chi connectivity index (χ3n) is 4.18. The van der Waals surface area contributed by atoms with Crippen molar-refractivity contribution in [1.82, 2.24) is 14.8 Å². The van der Waals surface area contributed by atoms with Crippen LogP contribution in [0.5, 0.6) is 6.01 Å². The maximum absolute atomic E-state index is 13.1. The molecule has 0 aliphatic carbocycles. The molecule has 30 heavy (non-hydrogen) atoms. The lowest BCUT2D eigenvalue weighted by Crippen LogP contribution is -2.10. The van der Waals surface area contributed by atoms with Gasteiger partial charge < -0.3 is 10.1 Å². The van der Waals surface area contributed by atoms with E-state index < -0.39 is 11.7 Å². The first-order chi connectivity index (χ1) is 14.3. The van der Waals surface area contributed by atoms with E-state index in [0.717, 1.165) is 18.6 Å². The van der Waals surface area contributed by atoms with Crippen molar-refractivity contribution in [3.63, 3.8) is 0 Å². The lowest BCUT2D eigenvalue weighted by molar-refractivity contribution is -0.137. The van der Waals surface area contributed by atoms with Crippen molar-refractivity contribution in [3.8, 4) is 23.1 Å². The molecule has 0 aliphatic rings. The lowest BCUT2D eigenvalue weighted by Gasteiger charge is -2.10. The first kappa shape index (κ1) is 21.4. The van der Waals surface area contributed by atoms with Crippen LogP contribution >= 0.6 is 0 Å². The highest BCUT2D eigenvalue weighted by molar-refractivity contribution is 5.90. The number of hydrogen-bond acceptors (Lipinski definition) is 4. The molecule has 0 unspecified atom stereocenters. The molecular formula is C21H21F3N4O2. The molecule has 158 valence electrons. The molecule has 0 fully saturated rings. The summed E-state index contributed by atoms with van der Waals surface area (Å²) in [7, 11) is 0. The van der Waals surface area contributed by atoms with E-state index in [2.05, 4.69) is 15.4 Å². The predicted molar refractivity (Wildman–Crippen MR) is 107 cm³/mol. The number of nitrogens with zero attached hydrogens (tertiary/aromatic N) is 3. The standard InChI is InChI=1S/C21H21F3N4O2/c1-3-6-18(29)25-16-9-11-17(12-10-16)28-19(26-20(27-28)30-4-2)14-7-5-8-15(13-14)21(22,23)24/h5,7-13H,3-4,6H2,1-2H3,(H,25,29). The summed E-state index contributed by atoms with van der Waals surface area (Å²) in [4.78, 5) is 16.0. The average molecular weight is 418 g/mol. The summed E-state index contributed by atoms with van der Waals surface area (Å²) in [5.74, 6) is 0.126. The SMILES string of the molecule is CCCC(=O)Nc1ccc(-n2nc(OCC)nc2-c2cccc(C(F)(F)F)c2)cc1. The second-order valence-corrected chi connectivity index (χ2v) is 6.49. The van der Waals surface area contributed by atoms with Crippen LogP contribution in [0.25, 0.3) is 17.1 Å². The number of benzene rings is 2. The van der Waals surface area contributed by atoms with E-state index in [1.54, 1.807) is 31.2 Å². The Hall–Kier alpha value is -3.36. The smallest absolute Gasteiger partial charge is 0.416 e. The Balaban J connectivity index is 1.98. The van der Waals surface area contributed by atoms with E-state index in [9.17, 15) is 18.0 Å². The zero-order chi connectivity index (χ0) is 21.7. The number of nitrogens with one attached hydrogen (secondary N) is 1. The number of carbonyl (C=O) groups excluding carboxylic acids is 1. The fourth-order valence-electron chi connectivity index (χ4n) is 2.82. The molecule has 0 radical (unpaired) electrons. The van der Waals surface area contributed by atoms with Gasteiger partial charge in [0.05, 0.1) is 17.9 Å². The fraction of sp³-hybridized carbons (Fsp3) is 0.286. The summed E-state index contributed by atoms with van der Waals surface area (Å²) >= 11 is 0. The van der Waals surface area contributed by atoms with Gasteiger partial charge in [0.25, 0.3) is 0 Å². The average Bonchev–Trinajstić information content (AvgIpc) is 3.12. The number of anilines is 1. The summed E-state index contributed by atoms with van der Waals surface area (Å²) in [6.45, 7) is 3.99. The number of aromatic nitrogens is 3. The third-order valence-corrected chi connectivity index (χ3v) is 4.18. The number of rotatable bonds is 7. The molecule has 1 N–H and O–H groups in total. The first-order valence-electron chi connectivity index (χ1n) is 9.49. The van der Waals surface area contributed by atoms with E-state index >= 15 is 0 Å². The molecule has 0 saturated carbocycles. The Morgan fingerprint density at radius 1 is 1.13 bits per heavy atom. The van der Waals surface area contributed by atoms with Crippen LogP contribution in [0.4, 0.5) is 18.9 Å². The highest BCUT2D eigenvalue weighted by atomic mass is 19.4. The van der Waals surface area contributed by atoms with Gasteiger partial charge in [0.1, 0.15) is 0 Å². The normalized spacial score (nSPS) is 11.4. The monoisotopic (exact) mass is 418 g/mol. The minimum atomic E-state index is -4.47. The van der Waals surface area contributed by atoms with Gasteiger partial charge in [-0.25, -0.2) is 4.68 Å². The van der Waals surface area contributed by atoms with Crippen molar-refractivity contribution in [2.75, 3.05) is 11.9 Å². The minimum absolute atomic E-state index is 0.0604. The van der Waals surface area contributed by atoms with Crippen LogP contribution in [0.2, 0.25) is 0 Å². The number of hydrogen-bond donors (Lipinski definition) is 1. The Kier molecular flexibility index (Phi) is 6.39. The molecule has 9 heteroatoms. The van der Waals surface area contributed by atoms with Gasteiger partial charge >= 0.3 is 12.2 Å². The Labute approximate surface area is 171 Å². The highest BCUT2D eigenvalue weighted by Crippen LogP contribution is 2.32. The van der Waals surface area contributed by atoms with Crippen molar-refractivity contribution < 1.29 is 22.7 Å². The Bertz CT molecular complexity index is 1010. The van der Waals surface area contributed by atoms with Crippen molar-refractivity contribution in [1.29, 1.82) is 0 Å². The third kappa shape index (κ3) is 4.97. The minimum Gasteiger partial charge on any atom is -0.463 e.